The van der Waals surface area contributed by atoms with E-state index in [4.69, 9.17) is 4.74 Å². The van der Waals surface area contributed by atoms with Crippen LogP contribution in [0.25, 0.3) is 0 Å². The van der Waals surface area contributed by atoms with Gasteiger partial charge in [0.25, 0.3) is 0 Å². The second-order valence-electron chi connectivity index (χ2n) is 3.71. The Morgan fingerprint density at radius 2 is 2.19 bits per heavy atom. The molecule has 0 aliphatic carbocycles. The summed E-state index contributed by atoms with van der Waals surface area (Å²) in [7, 11) is 1.63. The molecule has 0 N–H and O–H groups in total. The number of methoxy groups -OCH3 is 1. The zero-order chi connectivity index (χ0) is 11.8. The fourth-order valence-corrected chi connectivity index (χ4v) is 1.59. The van der Waals surface area contributed by atoms with E-state index in [0.717, 1.165) is 24.2 Å². The van der Waals surface area contributed by atoms with E-state index in [1.165, 1.54) is 0 Å². The molecule has 1 aromatic rings. The highest BCUT2D eigenvalue weighted by Crippen LogP contribution is 2.18. The molecule has 0 atom stereocenters. The summed E-state index contributed by atoms with van der Waals surface area (Å²) in [4.78, 5) is 11.7. The number of unbranched alkanes of at least 4 members (excludes halogenated alkanes) is 1. The first kappa shape index (κ1) is 12.5. The zero-order valence-electron chi connectivity index (χ0n) is 9.74. The normalized spacial score (nSPS) is 9.81. The lowest BCUT2D eigenvalue weighted by Gasteiger charge is -2.06. The molecule has 1 rings (SSSR count). The molecule has 0 heterocycles. The van der Waals surface area contributed by atoms with Crippen LogP contribution >= 0.6 is 0 Å². The van der Waals surface area contributed by atoms with Crippen LogP contribution in [0, 0.1) is 0 Å². The molecule has 2 nitrogen and oxygen atoms in total. The Morgan fingerprint density at radius 1 is 1.44 bits per heavy atom. The number of hydrogen-bond acceptors (Lipinski definition) is 2. The fraction of sp³-hybridized carbons (Fsp3) is 0.357. The van der Waals surface area contributed by atoms with E-state index in [9.17, 15) is 4.79 Å². The second-order valence-corrected chi connectivity index (χ2v) is 3.71. The van der Waals surface area contributed by atoms with Crippen LogP contribution in [0.3, 0.4) is 0 Å². The minimum atomic E-state index is 0.256. The fourth-order valence-electron chi connectivity index (χ4n) is 1.59. The number of hydrogen-bond donors (Lipinski definition) is 0. The molecule has 0 bridgehead atoms. The first-order valence-electron chi connectivity index (χ1n) is 5.52. The number of carbonyl (C=O) groups is 1. The molecule has 0 saturated carbocycles. The molecule has 0 saturated heterocycles. The third-order valence-corrected chi connectivity index (χ3v) is 2.44. The number of ketones is 1. The molecule has 16 heavy (non-hydrogen) atoms. The highest BCUT2D eigenvalue weighted by molar-refractivity contribution is 5.81. The Hall–Kier alpha value is -1.57. The van der Waals surface area contributed by atoms with Crippen molar-refractivity contribution >= 4 is 5.78 Å². The van der Waals surface area contributed by atoms with Crippen LogP contribution in [-0.2, 0) is 11.2 Å². The molecular formula is C14H18O2. The Labute approximate surface area is 96.9 Å². The van der Waals surface area contributed by atoms with Gasteiger partial charge in [-0.3, -0.25) is 4.79 Å². The predicted octanol–water partition coefficient (Wildman–Crippen LogP) is 3.16. The summed E-state index contributed by atoms with van der Waals surface area (Å²) in [5.74, 6) is 1.05. The van der Waals surface area contributed by atoms with Crippen molar-refractivity contribution in [2.45, 2.75) is 25.7 Å². The van der Waals surface area contributed by atoms with Gasteiger partial charge in [-0.05, 0) is 18.9 Å². The Kier molecular flexibility index (Phi) is 5.34. The highest BCUT2D eigenvalue weighted by Gasteiger charge is 2.07. The first-order chi connectivity index (χ1) is 7.77. The summed E-state index contributed by atoms with van der Waals surface area (Å²) < 4.78 is 5.20. The largest absolute Gasteiger partial charge is 0.496 e. The number of rotatable bonds is 7. The molecule has 86 valence electrons. The summed E-state index contributed by atoms with van der Waals surface area (Å²) in [5, 5.41) is 0. The van der Waals surface area contributed by atoms with Crippen molar-refractivity contribution in [1.82, 2.24) is 0 Å². The van der Waals surface area contributed by atoms with Gasteiger partial charge in [0.1, 0.15) is 11.5 Å². The van der Waals surface area contributed by atoms with Gasteiger partial charge in [-0.2, -0.15) is 0 Å². The van der Waals surface area contributed by atoms with Crippen molar-refractivity contribution in [3.8, 4) is 5.75 Å². The lowest BCUT2D eigenvalue weighted by atomic mass is 10.0. The monoisotopic (exact) mass is 218 g/mol. The van der Waals surface area contributed by atoms with Crippen LogP contribution < -0.4 is 4.74 Å². The van der Waals surface area contributed by atoms with Gasteiger partial charge in [0, 0.05) is 18.4 Å². The molecule has 2 heteroatoms. The van der Waals surface area contributed by atoms with Crippen LogP contribution in [-0.4, -0.2) is 12.9 Å². The van der Waals surface area contributed by atoms with E-state index in [1.54, 1.807) is 7.11 Å². The summed E-state index contributed by atoms with van der Waals surface area (Å²) in [6.07, 6.45) is 4.71. The van der Waals surface area contributed by atoms with E-state index in [1.807, 2.05) is 30.3 Å². The van der Waals surface area contributed by atoms with E-state index in [0.29, 0.717) is 12.8 Å². The average Bonchev–Trinajstić information content (AvgIpc) is 2.30. The molecular weight excluding hydrogens is 200 g/mol. The Morgan fingerprint density at radius 3 is 2.88 bits per heavy atom. The SMILES string of the molecule is C=CCCCC(=O)Cc1ccccc1OC. The number of Topliss-reactive ketones (excluding diaryl/α,β-unsaturated/α-hetero) is 1. The maximum Gasteiger partial charge on any atom is 0.137 e. The number of carbonyl (C=O) groups excluding carboxylic acids is 1. The smallest absolute Gasteiger partial charge is 0.137 e. The van der Waals surface area contributed by atoms with E-state index in [-0.39, 0.29) is 5.78 Å². The minimum absolute atomic E-state index is 0.256. The van der Waals surface area contributed by atoms with Crippen LogP contribution in [0.1, 0.15) is 24.8 Å². The van der Waals surface area contributed by atoms with Crippen molar-refractivity contribution in [1.29, 1.82) is 0 Å². The van der Waals surface area contributed by atoms with Gasteiger partial charge in [-0.15, -0.1) is 6.58 Å². The first-order valence-corrected chi connectivity index (χ1v) is 5.52. The van der Waals surface area contributed by atoms with Crippen LogP contribution in [0.2, 0.25) is 0 Å². The molecule has 0 aliphatic rings. The third-order valence-electron chi connectivity index (χ3n) is 2.44. The summed E-state index contributed by atoms with van der Waals surface area (Å²) in [5.41, 5.74) is 0.966. The van der Waals surface area contributed by atoms with E-state index < -0.39 is 0 Å². The van der Waals surface area contributed by atoms with Gasteiger partial charge >= 0.3 is 0 Å². The zero-order valence-corrected chi connectivity index (χ0v) is 9.74. The summed E-state index contributed by atoms with van der Waals surface area (Å²) in [6, 6.07) is 7.65. The number of allylic oxidation sites excluding steroid dienone is 1. The molecule has 0 radical (unpaired) electrons. The Balaban J connectivity index is 2.52. The molecule has 0 amide bonds. The molecule has 0 fully saturated rings. The van der Waals surface area contributed by atoms with Gasteiger partial charge < -0.3 is 4.74 Å². The van der Waals surface area contributed by atoms with Crippen molar-refractivity contribution in [3.63, 3.8) is 0 Å². The highest BCUT2D eigenvalue weighted by atomic mass is 16.5. The minimum Gasteiger partial charge on any atom is -0.496 e. The average molecular weight is 218 g/mol. The molecule has 0 aromatic heterocycles. The summed E-state index contributed by atoms with van der Waals surface area (Å²) >= 11 is 0. The molecule has 0 aliphatic heterocycles. The summed E-state index contributed by atoms with van der Waals surface area (Å²) in [6.45, 7) is 3.64. The lowest BCUT2D eigenvalue weighted by molar-refractivity contribution is -0.118. The van der Waals surface area contributed by atoms with Crippen molar-refractivity contribution in [3.05, 3.63) is 42.5 Å². The van der Waals surface area contributed by atoms with Gasteiger partial charge in [0.05, 0.1) is 7.11 Å². The van der Waals surface area contributed by atoms with Gasteiger partial charge in [0.15, 0.2) is 0 Å². The van der Waals surface area contributed by atoms with Crippen molar-refractivity contribution in [2.24, 2.45) is 0 Å². The van der Waals surface area contributed by atoms with Gasteiger partial charge in [0.2, 0.25) is 0 Å². The molecule has 1 aromatic carbocycles. The quantitative estimate of drug-likeness (QED) is 0.519. The maximum absolute atomic E-state index is 11.7. The predicted molar refractivity (Wildman–Crippen MR) is 65.8 cm³/mol. The van der Waals surface area contributed by atoms with E-state index >= 15 is 0 Å². The number of benzene rings is 1. The van der Waals surface area contributed by atoms with E-state index in [2.05, 4.69) is 6.58 Å². The molecule has 0 spiro atoms. The molecule has 0 unspecified atom stereocenters. The van der Waals surface area contributed by atoms with Gasteiger partial charge in [-0.25, -0.2) is 0 Å². The Bertz CT molecular complexity index is 356. The van der Waals surface area contributed by atoms with Gasteiger partial charge in [-0.1, -0.05) is 24.3 Å². The number of para-hydroxylation sites is 1. The van der Waals surface area contributed by atoms with Crippen molar-refractivity contribution < 1.29 is 9.53 Å². The third kappa shape index (κ3) is 3.89. The maximum atomic E-state index is 11.7. The van der Waals surface area contributed by atoms with Crippen LogP contribution in [0.15, 0.2) is 36.9 Å². The second kappa shape index (κ2) is 6.83. The standard InChI is InChI=1S/C14H18O2/c1-3-4-5-9-13(15)11-12-8-6-7-10-14(12)16-2/h3,6-8,10H,1,4-5,9,11H2,2H3. The van der Waals surface area contributed by atoms with Crippen LogP contribution in [0.4, 0.5) is 0 Å². The number of ether oxygens (including phenoxy) is 1. The van der Waals surface area contributed by atoms with Crippen LogP contribution in [0.5, 0.6) is 5.75 Å². The van der Waals surface area contributed by atoms with Crippen molar-refractivity contribution in [2.75, 3.05) is 7.11 Å². The lowest BCUT2D eigenvalue weighted by Crippen LogP contribution is -2.03. The topological polar surface area (TPSA) is 26.3 Å².